The van der Waals surface area contributed by atoms with Gasteiger partial charge in [-0.15, -0.1) is 13.2 Å². The van der Waals surface area contributed by atoms with Gasteiger partial charge in [0.05, 0.1) is 23.3 Å². The first-order valence-corrected chi connectivity index (χ1v) is 10.0. The van der Waals surface area contributed by atoms with Gasteiger partial charge in [-0.1, -0.05) is 34.8 Å². The lowest BCUT2D eigenvalue weighted by Gasteiger charge is -2.12. The zero-order valence-corrected chi connectivity index (χ0v) is 18.1. The van der Waals surface area contributed by atoms with Crippen molar-refractivity contribution in [2.75, 3.05) is 19.8 Å². The third-order valence-corrected chi connectivity index (χ3v) is 4.29. The highest BCUT2D eigenvalue weighted by Crippen LogP contribution is 2.37. The highest BCUT2D eigenvalue weighted by Gasteiger charge is 2.30. The maximum Gasteiger partial charge on any atom is 0.573 e. The van der Waals surface area contributed by atoms with Gasteiger partial charge in [-0.3, -0.25) is 0 Å². The van der Waals surface area contributed by atoms with E-state index in [1.54, 1.807) is 0 Å². The van der Waals surface area contributed by atoms with Gasteiger partial charge in [0.25, 0.3) is 0 Å². The molecular weight excluding hydrogens is 487 g/mol. The van der Waals surface area contributed by atoms with E-state index in [4.69, 9.17) is 49.0 Å². The van der Waals surface area contributed by atoms with Gasteiger partial charge in [0.2, 0.25) is 0 Å². The van der Waals surface area contributed by atoms with E-state index >= 15 is 0 Å². The average molecular weight is 504 g/mol. The Labute approximate surface area is 191 Å². The van der Waals surface area contributed by atoms with Crippen LogP contribution >= 0.6 is 34.8 Å². The first-order valence-electron chi connectivity index (χ1n) is 8.88. The van der Waals surface area contributed by atoms with Crippen molar-refractivity contribution in [1.29, 1.82) is 0 Å². The first kappa shape index (κ1) is 25.2. The molecule has 2 aromatic rings. The maximum atomic E-state index is 12.4. The summed E-state index contributed by atoms with van der Waals surface area (Å²) in [6.45, 7) is 0.559. The molecule has 0 aliphatic carbocycles. The van der Waals surface area contributed by atoms with Gasteiger partial charge in [0, 0.05) is 18.2 Å². The normalized spacial score (nSPS) is 11.9. The lowest BCUT2D eigenvalue weighted by Crippen LogP contribution is -2.16. The summed E-state index contributed by atoms with van der Waals surface area (Å²) in [5.74, 6) is 0.717. The number of hydrogen-bond acceptors (Lipinski definition) is 4. The van der Waals surface area contributed by atoms with Gasteiger partial charge in [-0.2, -0.15) is 4.39 Å². The molecule has 11 heteroatoms. The Balaban J connectivity index is 1.71. The van der Waals surface area contributed by atoms with Crippen molar-refractivity contribution >= 4 is 34.8 Å². The van der Waals surface area contributed by atoms with E-state index in [-0.39, 0.29) is 28.2 Å². The minimum absolute atomic E-state index is 0.0831. The number of alkyl halides is 3. The van der Waals surface area contributed by atoms with Crippen molar-refractivity contribution in [1.82, 2.24) is 0 Å². The van der Waals surface area contributed by atoms with E-state index in [9.17, 15) is 17.6 Å². The van der Waals surface area contributed by atoms with E-state index in [0.29, 0.717) is 37.6 Å². The third kappa shape index (κ3) is 9.76. The van der Waals surface area contributed by atoms with Crippen LogP contribution in [-0.4, -0.2) is 26.2 Å². The molecule has 0 amide bonds. The lowest BCUT2D eigenvalue weighted by atomic mass is 10.3. The Morgan fingerprint density at radius 1 is 0.839 bits per heavy atom. The van der Waals surface area contributed by atoms with Crippen LogP contribution in [0.5, 0.6) is 23.0 Å². The summed E-state index contributed by atoms with van der Waals surface area (Å²) in [5.41, 5.74) is 0. The molecular formula is C20H17Cl3F4O4. The number of rotatable bonds is 11. The zero-order chi connectivity index (χ0) is 22.9. The van der Waals surface area contributed by atoms with Crippen LogP contribution in [0.3, 0.4) is 0 Å². The predicted molar refractivity (Wildman–Crippen MR) is 110 cm³/mol. The van der Waals surface area contributed by atoms with Crippen molar-refractivity contribution < 1.29 is 36.5 Å². The summed E-state index contributed by atoms with van der Waals surface area (Å²) in [6, 6.07) is 8.09. The molecule has 170 valence electrons. The number of ether oxygens (including phenoxy) is 4. The number of unbranched alkanes of at least 4 members (excludes halogenated alkanes) is 1. The standard InChI is InChI=1S/C20H17Cl3F4O4/c21-16-11-15(29-10-7-18(23)24)12-17(22)19(16)30-9-2-1-8-28-13-3-5-14(6-4-13)31-20(25,26)27/h3-7,11-12H,1-2,8-10H2/b18-7+. The quantitative estimate of drug-likeness (QED) is 0.234. The van der Waals surface area contributed by atoms with Gasteiger partial charge < -0.3 is 18.9 Å². The number of halogens is 7. The van der Waals surface area contributed by atoms with Crippen LogP contribution < -0.4 is 18.9 Å². The Morgan fingerprint density at radius 2 is 1.39 bits per heavy atom. The molecule has 0 aliphatic heterocycles. The van der Waals surface area contributed by atoms with E-state index in [2.05, 4.69) is 4.74 Å². The fourth-order valence-electron chi connectivity index (χ4n) is 2.26. The summed E-state index contributed by atoms with van der Waals surface area (Å²) in [4.78, 5) is 0. The number of benzene rings is 2. The van der Waals surface area contributed by atoms with Crippen molar-refractivity contribution in [3.8, 4) is 23.0 Å². The molecule has 0 heterocycles. The van der Waals surface area contributed by atoms with Crippen molar-refractivity contribution in [2.45, 2.75) is 19.2 Å². The molecule has 31 heavy (non-hydrogen) atoms. The van der Waals surface area contributed by atoms with Crippen LogP contribution in [0.1, 0.15) is 12.8 Å². The average Bonchev–Trinajstić information content (AvgIpc) is 2.66. The smallest absolute Gasteiger partial charge is 0.494 e. The first-order chi connectivity index (χ1) is 14.6. The molecule has 0 spiro atoms. The summed E-state index contributed by atoms with van der Waals surface area (Å²) in [5, 5.41) is -0.418. The van der Waals surface area contributed by atoms with E-state index in [1.165, 1.54) is 36.4 Å². The zero-order valence-electron chi connectivity index (χ0n) is 15.9. The van der Waals surface area contributed by atoms with Gasteiger partial charge in [0.15, 0.2) is 11.0 Å². The van der Waals surface area contributed by atoms with Crippen molar-refractivity contribution in [3.05, 3.63) is 57.8 Å². The van der Waals surface area contributed by atoms with Crippen molar-refractivity contribution in [2.24, 2.45) is 0 Å². The Hall–Kier alpha value is -2.03. The second kappa shape index (κ2) is 12.1. The maximum absolute atomic E-state index is 12.4. The predicted octanol–water partition coefficient (Wildman–Crippen LogP) is 7.56. The summed E-state index contributed by atoms with van der Waals surface area (Å²) in [6.07, 6.45) is -2.46. The van der Waals surface area contributed by atoms with Gasteiger partial charge in [-0.05, 0) is 37.1 Å². The van der Waals surface area contributed by atoms with Gasteiger partial charge >= 0.3 is 6.36 Å². The molecule has 0 radical (unpaired) electrons. The molecule has 0 saturated carbocycles. The summed E-state index contributed by atoms with van der Waals surface area (Å²) in [7, 11) is 0. The Bertz CT molecular complexity index is 847. The van der Waals surface area contributed by atoms with Crippen LogP contribution in [0.15, 0.2) is 47.8 Å². The molecule has 0 atom stereocenters. The summed E-state index contributed by atoms with van der Waals surface area (Å²) >= 11 is 17.4. The fraction of sp³-hybridized carbons (Fsp3) is 0.300. The molecule has 0 N–H and O–H groups in total. The minimum Gasteiger partial charge on any atom is -0.494 e. The van der Waals surface area contributed by atoms with Crippen LogP contribution in [-0.2, 0) is 0 Å². The topological polar surface area (TPSA) is 36.9 Å². The third-order valence-electron chi connectivity index (χ3n) is 3.57. The molecule has 0 saturated heterocycles. The lowest BCUT2D eigenvalue weighted by molar-refractivity contribution is -0.274. The van der Waals surface area contributed by atoms with E-state index in [1.807, 2.05) is 0 Å². The van der Waals surface area contributed by atoms with Gasteiger partial charge in [0.1, 0.15) is 23.9 Å². The van der Waals surface area contributed by atoms with Crippen molar-refractivity contribution in [3.63, 3.8) is 0 Å². The molecule has 2 rings (SSSR count). The molecule has 4 nitrogen and oxygen atoms in total. The van der Waals surface area contributed by atoms with E-state index in [0.717, 1.165) is 6.08 Å². The Kier molecular flexibility index (Phi) is 9.87. The highest BCUT2D eigenvalue weighted by molar-refractivity contribution is 6.37. The molecule has 0 fully saturated rings. The van der Waals surface area contributed by atoms with Crippen LogP contribution in [0.25, 0.3) is 0 Å². The highest BCUT2D eigenvalue weighted by atomic mass is 35.5. The molecule has 0 aliphatic rings. The Morgan fingerprint density at radius 3 is 1.94 bits per heavy atom. The number of hydrogen-bond donors (Lipinski definition) is 0. The van der Waals surface area contributed by atoms with Crippen LogP contribution in [0.4, 0.5) is 17.6 Å². The molecule has 0 aromatic heterocycles. The SMILES string of the molecule is F/C(Cl)=C/COc1cc(Cl)c(OCCCCOc2ccc(OC(F)(F)F)cc2)c(Cl)c1. The molecule has 0 bridgehead atoms. The van der Waals surface area contributed by atoms with E-state index < -0.39 is 11.6 Å². The largest absolute Gasteiger partial charge is 0.573 e. The van der Waals surface area contributed by atoms with Gasteiger partial charge in [-0.25, -0.2) is 0 Å². The molecule has 0 unspecified atom stereocenters. The van der Waals surface area contributed by atoms with Crippen LogP contribution in [0, 0.1) is 0 Å². The van der Waals surface area contributed by atoms with Crippen LogP contribution in [0.2, 0.25) is 10.0 Å². The molecule has 2 aromatic carbocycles. The fourth-order valence-corrected chi connectivity index (χ4v) is 2.90. The minimum atomic E-state index is -4.73. The monoisotopic (exact) mass is 502 g/mol. The summed E-state index contributed by atoms with van der Waals surface area (Å²) < 4.78 is 68.9. The second-order valence-electron chi connectivity index (χ2n) is 5.94. The second-order valence-corrected chi connectivity index (χ2v) is 7.12.